The summed E-state index contributed by atoms with van der Waals surface area (Å²) in [6.07, 6.45) is 1.38. The smallest absolute Gasteiger partial charge is 0.336 e. The normalized spacial score (nSPS) is 15.8. The first-order valence-corrected chi connectivity index (χ1v) is 10.1. The van der Waals surface area contributed by atoms with E-state index in [2.05, 4.69) is 21.2 Å². The number of nitrogens with one attached hydrogen (secondary N) is 1. The Morgan fingerprint density at radius 2 is 1.90 bits per heavy atom. The van der Waals surface area contributed by atoms with E-state index in [1.54, 1.807) is 24.3 Å². The Kier molecular flexibility index (Phi) is 5.69. The van der Waals surface area contributed by atoms with E-state index >= 15 is 0 Å². The molecule has 1 N–H and O–H groups in total. The van der Waals surface area contributed by atoms with Gasteiger partial charge in [-0.05, 0) is 48.7 Å². The number of halogens is 1. The zero-order valence-corrected chi connectivity index (χ0v) is 17.2. The van der Waals surface area contributed by atoms with Crippen LogP contribution in [0.2, 0.25) is 0 Å². The molecule has 7 heteroatoms. The van der Waals surface area contributed by atoms with Gasteiger partial charge in [-0.2, -0.15) is 0 Å². The van der Waals surface area contributed by atoms with Crippen LogP contribution in [0.1, 0.15) is 18.4 Å². The first kappa shape index (κ1) is 19.7. The number of rotatable bonds is 5. The second-order valence-electron chi connectivity index (χ2n) is 7.00. The average molecular weight is 458 g/mol. The summed E-state index contributed by atoms with van der Waals surface area (Å²) < 4.78 is 17.3. The largest absolute Gasteiger partial charge is 0.484 e. The van der Waals surface area contributed by atoms with Crippen LogP contribution in [-0.4, -0.2) is 25.7 Å². The fraction of sp³-hybridized carbons (Fsp3) is 0.273. The van der Waals surface area contributed by atoms with Crippen molar-refractivity contribution in [3.8, 4) is 5.75 Å². The Balaban J connectivity index is 1.48. The lowest BCUT2D eigenvalue weighted by Gasteiger charge is -2.38. The maximum absolute atomic E-state index is 12.7. The zero-order valence-electron chi connectivity index (χ0n) is 15.7. The minimum atomic E-state index is -0.487. The minimum Gasteiger partial charge on any atom is -0.484 e. The fourth-order valence-electron chi connectivity index (χ4n) is 3.57. The van der Waals surface area contributed by atoms with Gasteiger partial charge in [0.15, 0.2) is 6.61 Å². The number of amides is 1. The van der Waals surface area contributed by atoms with Crippen LogP contribution in [0.25, 0.3) is 11.0 Å². The maximum Gasteiger partial charge on any atom is 0.336 e. The van der Waals surface area contributed by atoms with Crippen molar-refractivity contribution in [3.05, 3.63) is 75.1 Å². The summed E-state index contributed by atoms with van der Waals surface area (Å²) in [5.41, 5.74) is 0.544. The summed E-state index contributed by atoms with van der Waals surface area (Å²) in [5.74, 6) is 0.243. The van der Waals surface area contributed by atoms with Crippen molar-refractivity contribution in [3.63, 3.8) is 0 Å². The Labute approximate surface area is 175 Å². The molecule has 0 bridgehead atoms. The van der Waals surface area contributed by atoms with Crippen LogP contribution in [0.5, 0.6) is 5.75 Å². The van der Waals surface area contributed by atoms with Gasteiger partial charge in [-0.25, -0.2) is 4.79 Å². The van der Waals surface area contributed by atoms with Crippen molar-refractivity contribution in [1.82, 2.24) is 5.32 Å². The standard InChI is InChI=1S/C22H20BrNO5/c23-17-3-1-2-16(12-17)22(8-10-27-11-9-22)24-20(25)14-28-18-6-4-15-5-7-21(26)29-19(15)13-18/h1-7,12-13H,8-11,14H2,(H,24,25). The Morgan fingerprint density at radius 1 is 1.10 bits per heavy atom. The van der Waals surface area contributed by atoms with Gasteiger partial charge in [0.25, 0.3) is 5.91 Å². The molecule has 6 nitrogen and oxygen atoms in total. The van der Waals surface area contributed by atoms with Gasteiger partial charge in [-0.1, -0.05) is 28.1 Å². The number of carbonyl (C=O) groups is 1. The van der Waals surface area contributed by atoms with E-state index in [1.165, 1.54) is 6.07 Å². The van der Waals surface area contributed by atoms with Crippen LogP contribution in [0.3, 0.4) is 0 Å². The average Bonchev–Trinajstić information content (AvgIpc) is 2.72. The number of ether oxygens (including phenoxy) is 2. The van der Waals surface area contributed by atoms with Gasteiger partial charge in [0.1, 0.15) is 11.3 Å². The molecule has 1 aliphatic heterocycles. The molecule has 0 aliphatic carbocycles. The van der Waals surface area contributed by atoms with Crippen LogP contribution in [0.15, 0.2) is 68.3 Å². The van der Waals surface area contributed by atoms with E-state index in [4.69, 9.17) is 13.9 Å². The highest BCUT2D eigenvalue weighted by atomic mass is 79.9. The van der Waals surface area contributed by atoms with Gasteiger partial charge < -0.3 is 19.2 Å². The van der Waals surface area contributed by atoms with Gasteiger partial charge in [0, 0.05) is 35.2 Å². The Hall–Kier alpha value is -2.64. The molecule has 2 heterocycles. The van der Waals surface area contributed by atoms with Gasteiger partial charge in [-0.15, -0.1) is 0 Å². The molecule has 0 radical (unpaired) electrons. The summed E-state index contributed by atoms with van der Waals surface area (Å²) in [5, 5.41) is 3.94. The molecule has 3 aromatic rings. The third-order valence-corrected chi connectivity index (χ3v) is 5.56. The molecular weight excluding hydrogens is 438 g/mol. The van der Waals surface area contributed by atoms with Crippen molar-refractivity contribution in [2.24, 2.45) is 0 Å². The molecule has 1 fully saturated rings. The lowest BCUT2D eigenvalue weighted by atomic mass is 9.82. The van der Waals surface area contributed by atoms with Crippen molar-refractivity contribution in [2.45, 2.75) is 18.4 Å². The molecular formula is C22H20BrNO5. The maximum atomic E-state index is 12.7. The second-order valence-corrected chi connectivity index (χ2v) is 7.91. The van der Waals surface area contributed by atoms with E-state index in [1.807, 2.05) is 24.3 Å². The van der Waals surface area contributed by atoms with E-state index in [0.29, 0.717) is 37.4 Å². The van der Waals surface area contributed by atoms with E-state index in [0.717, 1.165) is 15.4 Å². The molecule has 1 aliphatic rings. The van der Waals surface area contributed by atoms with Crippen molar-refractivity contribution < 1.29 is 18.7 Å². The van der Waals surface area contributed by atoms with E-state index in [-0.39, 0.29) is 12.5 Å². The van der Waals surface area contributed by atoms with Crippen LogP contribution in [-0.2, 0) is 15.1 Å². The molecule has 29 heavy (non-hydrogen) atoms. The topological polar surface area (TPSA) is 77.8 Å². The van der Waals surface area contributed by atoms with Crippen LogP contribution in [0, 0.1) is 0 Å². The predicted molar refractivity (Wildman–Crippen MR) is 112 cm³/mol. The van der Waals surface area contributed by atoms with Crippen LogP contribution in [0.4, 0.5) is 0 Å². The first-order chi connectivity index (χ1) is 14.0. The highest BCUT2D eigenvalue weighted by Crippen LogP contribution is 2.33. The lowest BCUT2D eigenvalue weighted by Crippen LogP contribution is -2.50. The molecule has 150 valence electrons. The van der Waals surface area contributed by atoms with E-state index < -0.39 is 11.2 Å². The van der Waals surface area contributed by atoms with Crippen molar-refractivity contribution in [2.75, 3.05) is 19.8 Å². The number of fused-ring (bicyclic) bond motifs is 1. The molecule has 1 amide bonds. The molecule has 0 atom stereocenters. The SMILES string of the molecule is O=C(COc1ccc2ccc(=O)oc2c1)NC1(c2cccc(Br)c2)CCOCC1. The van der Waals surface area contributed by atoms with Gasteiger partial charge >= 0.3 is 5.63 Å². The molecule has 2 aromatic carbocycles. The number of benzene rings is 2. The first-order valence-electron chi connectivity index (χ1n) is 9.36. The van der Waals surface area contributed by atoms with Gasteiger partial charge in [0.2, 0.25) is 0 Å². The Morgan fingerprint density at radius 3 is 2.69 bits per heavy atom. The third-order valence-electron chi connectivity index (χ3n) is 5.07. The number of hydrogen-bond acceptors (Lipinski definition) is 5. The van der Waals surface area contributed by atoms with E-state index in [9.17, 15) is 9.59 Å². The zero-order chi connectivity index (χ0) is 20.3. The molecule has 4 rings (SSSR count). The fourth-order valence-corrected chi connectivity index (χ4v) is 3.97. The highest BCUT2D eigenvalue weighted by molar-refractivity contribution is 9.10. The van der Waals surface area contributed by atoms with Crippen molar-refractivity contribution >= 4 is 32.8 Å². The molecule has 1 aromatic heterocycles. The monoisotopic (exact) mass is 457 g/mol. The van der Waals surface area contributed by atoms with Crippen molar-refractivity contribution in [1.29, 1.82) is 0 Å². The van der Waals surface area contributed by atoms with Crippen LogP contribution < -0.4 is 15.7 Å². The summed E-state index contributed by atoms with van der Waals surface area (Å²) >= 11 is 3.51. The second kappa shape index (κ2) is 8.39. The highest BCUT2D eigenvalue weighted by Gasteiger charge is 2.36. The lowest BCUT2D eigenvalue weighted by molar-refractivity contribution is -0.126. The minimum absolute atomic E-state index is 0.140. The molecule has 0 unspecified atom stereocenters. The number of carbonyl (C=O) groups excluding carboxylic acids is 1. The number of hydrogen-bond donors (Lipinski definition) is 1. The Bertz CT molecular complexity index is 1090. The summed E-state index contributed by atoms with van der Waals surface area (Å²) in [6.45, 7) is 1.02. The van der Waals surface area contributed by atoms with Gasteiger partial charge in [0.05, 0.1) is 5.54 Å². The van der Waals surface area contributed by atoms with Crippen LogP contribution >= 0.6 is 15.9 Å². The third kappa shape index (κ3) is 4.52. The van der Waals surface area contributed by atoms with Gasteiger partial charge in [-0.3, -0.25) is 4.79 Å². The molecule has 0 saturated carbocycles. The summed E-state index contributed by atoms with van der Waals surface area (Å²) in [4.78, 5) is 24.1. The molecule has 0 spiro atoms. The predicted octanol–water partition coefficient (Wildman–Crippen LogP) is 3.76. The summed E-state index contributed by atoms with van der Waals surface area (Å²) in [6, 6.07) is 16.2. The quantitative estimate of drug-likeness (QED) is 0.590. The summed E-state index contributed by atoms with van der Waals surface area (Å²) in [7, 11) is 0. The molecule has 1 saturated heterocycles.